The van der Waals surface area contributed by atoms with E-state index < -0.39 is 6.10 Å². The number of carbonyl (C=O) groups excluding carboxylic acids is 1. The summed E-state index contributed by atoms with van der Waals surface area (Å²) in [4.78, 5) is 13.4. The first-order valence-electron chi connectivity index (χ1n) is 9.68. The van der Waals surface area contributed by atoms with E-state index in [1.165, 1.54) is 11.3 Å². The van der Waals surface area contributed by atoms with E-state index in [0.29, 0.717) is 21.5 Å². The molecule has 0 aliphatic carbocycles. The molecule has 0 aliphatic rings. The van der Waals surface area contributed by atoms with Crippen LogP contribution in [0.4, 0.5) is 5.69 Å². The van der Waals surface area contributed by atoms with Gasteiger partial charge in [-0.15, -0.1) is 10.2 Å². The van der Waals surface area contributed by atoms with Crippen LogP contribution in [-0.2, 0) is 11.2 Å². The fourth-order valence-electron chi connectivity index (χ4n) is 2.94. The molecule has 10 heteroatoms. The largest absolute Gasteiger partial charge is 0.479 e. The zero-order chi connectivity index (χ0) is 22.0. The second-order valence-electron chi connectivity index (χ2n) is 6.87. The molecule has 0 bridgehead atoms. The lowest BCUT2D eigenvalue weighted by atomic mass is 10.2. The molecule has 2 aromatic heterocycles. The molecule has 1 atom stereocenters. The summed E-state index contributed by atoms with van der Waals surface area (Å²) in [5.41, 5.74) is 1.52. The first kappa shape index (κ1) is 21.5. The van der Waals surface area contributed by atoms with Gasteiger partial charge in [0.1, 0.15) is 10.8 Å². The molecule has 31 heavy (non-hydrogen) atoms. The molecular weight excluding hydrogens is 457 g/mol. The SMILES string of the molecule is CCCc1nnc2sc(-c3cccc(NC(=O)[C@@H](C)Oc4ccc(Cl)cc4Cl)c3)nn12. The van der Waals surface area contributed by atoms with Crippen LogP contribution in [0.5, 0.6) is 5.75 Å². The molecule has 7 nitrogen and oxygen atoms in total. The summed E-state index contributed by atoms with van der Waals surface area (Å²) < 4.78 is 7.46. The summed E-state index contributed by atoms with van der Waals surface area (Å²) in [6.45, 7) is 3.74. The highest BCUT2D eigenvalue weighted by molar-refractivity contribution is 7.19. The van der Waals surface area contributed by atoms with Crippen LogP contribution in [0.15, 0.2) is 42.5 Å². The van der Waals surface area contributed by atoms with Crippen molar-refractivity contribution in [2.75, 3.05) is 5.32 Å². The number of anilines is 1. The van der Waals surface area contributed by atoms with Gasteiger partial charge in [-0.25, -0.2) is 0 Å². The number of rotatable bonds is 7. The second-order valence-corrected chi connectivity index (χ2v) is 8.67. The standard InChI is InChI=1S/C21H19Cl2N5O2S/c1-3-5-18-25-26-21-28(18)27-20(31-21)13-6-4-7-15(10-13)24-19(29)12(2)30-17-9-8-14(22)11-16(17)23/h4,6-12H,3,5H2,1-2H3,(H,24,29)/t12-/m1/s1. The van der Waals surface area contributed by atoms with Crippen molar-refractivity contribution in [3.05, 3.63) is 58.3 Å². The fourth-order valence-corrected chi connectivity index (χ4v) is 4.25. The van der Waals surface area contributed by atoms with Crippen molar-refractivity contribution in [3.8, 4) is 16.3 Å². The summed E-state index contributed by atoms with van der Waals surface area (Å²) in [6, 6.07) is 12.3. The average molecular weight is 476 g/mol. The summed E-state index contributed by atoms with van der Waals surface area (Å²) in [5, 5.41) is 17.5. The summed E-state index contributed by atoms with van der Waals surface area (Å²) >= 11 is 13.5. The molecule has 0 spiro atoms. The number of aromatic nitrogens is 4. The summed E-state index contributed by atoms with van der Waals surface area (Å²) in [5.74, 6) is 0.938. The molecule has 2 aromatic carbocycles. The van der Waals surface area contributed by atoms with Gasteiger partial charge in [-0.3, -0.25) is 4.79 Å². The average Bonchev–Trinajstić information content (AvgIpc) is 3.32. The van der Waals surface area contributed by atoms with Crippen molar-refractivity contribution in [3.63, 3.8) is 0 Å². The lowest BCUT2D eigenvalue weighted by molar-refractivity contribution is -0.122. The normalized spacial score (nSPS) is 12.1. The number of halogens is 2. The number of amides is 1. The molecule has 1 amide bonds. The predicted molar refractivity (Wildman–Crippen MR) is 123 cm³/mol. The van der Waals surface area contributed by atoms with E-state index in [2.05, 4.69) is 27.5 Å². The van der Waals surface area contributed by atoms with Crippen molar-refractivity contribution >= 4 is 51.1 Å². The number of hydrogen-bond donors (Lipinski definition) is 1. The van der Waals surface area contributed by atoms with E-state index in [9.17, 15) is 4.79 Å². The molecule has 1 N–H and O–H groups in total. The molecule has 160 valence electrons. The molecular formula is C21H19Cl2N5O2S. The Balaban J connectivity index is 1.48. The van der Waals surface area contributed by atoms with Crippen molar-refractivity contribution < 1.29 is 9.53 Å². The van der Waals surface area contributed by atoms with Gasteiger partial charge < -0.3 is 10.1 Å². The topological polar surface area (TPSA) is 81.4 Å². The van der Waals surface area contributed by atoms with E-state index in [1.807, 2.05) is 24.3 Å². The molecule has 0 aliphatic heterocycles. The van der Waals surface area contributed by atoms with E-state index in [0.717, 1.165) is 34.2 Å². The fraction of sp³-hybridized carbons (Fsp3) is 0.238. The zero-order valence-corrected chi connectivity index (χ0v) is 19.1. The molecule has 4 aromatic rings. The van der Waals surface area contributed by atoms with Crippen LogP contribution in [0.3, 0.4) is 0 Å². The van der Waals surface area contributed by atoms with Gasteiger partial charge in [0, 0.05) is 22.7 Å². The third-order valence-corrected chi connectivity index (χ3v) is 5.95. The molecule has 4 rings (SSSR count). The number of fused-ring (bicyclic) bond motifs is 1. The number of nitrogens with one attached hydrogen (secondary N) is 1. The Hall–Kier alpha value is -2.68. The maximum Gasteiger partial charge on any atom is 0.265 e. The van der Waals surface area contributed by atoms with Gasteiger partial charge in [0.2, 0.25) is 4.96 Å². The number of hydrogen-bond acceptors (Lipinski definition) is 6. The molecule has 0 saturated carbocycles. The van der Waals surface area contributed by atoms with Crippen LogP contribution < -0.4 is 10.1 Å². The van der Waals surface area contributed by atoms with E-state index in [-0.39, 0.29) is 5.91 Å². The van der Waals surface area contributed by atoms with Gasteiger partial charge in [-0.05, 0) is 43.7 Å². The Morgan fingerprint density at radius 2 is 2.06 bits per heavy atom. The Labute approximate surface area is 193 Å². The quantitative estimate of drug-likeness (QED) is 0.380. The monoisotopic (exact) mass is 475 g/mol. The maximum absolute atomic E-state index is 12.6. The van der Waals surface area contributed by atoms with Crippen molar-refractivity contribution in [2.24, 2.45) is 0 Å². The van der Waals surface area contributed by atoms with Gasteiger partial charge in [-0.2, -0.15) is 9.61 Å². The minimum Gasteiger partial charge on any atom is -0.479 e. The van der Waals surface area contributed by atoms with Gasteiger partial charge in [0.05, 0.1) is 5.02 Å². The van der Waals surface area contributed by atoms with Crippen molar-refractivity contribution in [1.29, 1.82) is 0 Å². The van der Waals surface area contributed by atoms with Gasteiger partial charge in [-0.1, -0.05) is 53.6 Å². The number of aryl methyl sites for hydroxylation is 1. The van der Waals surface area contributed by atoms with Crippen LogP contribution in [0.2, 0.25) is 10.0 Å². The highest BCUT2D eigenvalue weighted by Crippen LogP contribution is 2.29. The molecule has 0 fully saturated rings. The van der Waals surface area contributed by atoms with Gasteiger partial charge in [0.15, 0.2) is 11.9 Å². The predicted octanol–water partition coefficient (Wildman–Crippen LogP) is 5.52. The number of carbonyl (C=O) groups is 1. The molecule has 0 saturated heterocycles. The minimum atomic E-state index is -0.756. The summed E-state index contributed by atoms with van der Waals surface area (Å²) in [7, 11) is 0. The van der Waals surface area contributed by atoms with E-state index >= 15 is 0 Å². The van der Waals surface area contributed by atoms with E-state index in [4.69, 9.17) is 27.9 Å². The van der Waals surface area contributed by atoms with E-state index in [1.54, 1.807) is 29.6 Å². The van der Waals surface area contributed by atoms with Crippen LogP contribution >= 0.6 is 34.5 Å². The van der Waals surface area contributed by atoms with Crippen LogP contribution in [0.25, 0.3) is 15.5 Å². The minimum absolute atomic E-state index is 0.299. The lowest BCUT2D eigenvalue weighted by Crippen LogP contribution is -2.30. The summed E-state index contributed by atoms with van der Waals surface area (Å²) in [6.07, 6.45) is 1.03. The molecule has 0 radical (unpaired) electrons. The number of ether oxygens (including phenoxy) is 1. The smallest absolute Gasteiger partial charge is 0.265 e. The van der Waals surface area contributed by atoms with Gasteiger partial charge in [0.25, 0.3) is 5.91 Å². The Morgan fingerprint density at radius 1 is 1.23 bits per heavy atom. The highest BCUT2D eigenvalue weighted by atomic mass is 35.5. The first-order valence-corrected chi connectivity index (χ1v) is 11.3. The third kappa shape index (κ3) is 4.81. The van der Waals surface area contributed by atoms with Gasteiger partial charge >= 0.3 is 0 Å². The number of nitrogens with zero attached hydrogens (tertiary/aromatic N) is 4. The first-order chi connectivity index (χ1) is 14.9. The highest BCUT2D eigenvalue weighted by Gasteiger charge is 2.18. The lowest BCUT2D eigenvalue weighted by Gasteiger charge is -2.16. The third-order valence-electron chi connectivity index (χ3n) is 4.47. The molecule has 2 heterocycles. The maximum atomic E-state index is 12.6. The van der Waals surface area contributed by atoms with Crippen LogP contribution in [-0.4, -0.2) is 31.8 Å². The van der Waals surface area contributed by atoms with Crippen LogP contribution in [0.1, 0.15) is 26.1 Å². The molecule has 0 unspecified atom stereocenters. The Bertz CT molecular complexity index is 1240. The second kappa shape index (κ2) is 9.21. The van der Waals surface area contributed by atoms with Crippen molar-refractivity contribution in [1.82, 2.24) is 19.8 Å². The van der Waals surface area contributed by atoms with Crippen molar-refractivity contribution in [2.45, 2.75) is 32.8 Å². The Morgan fingerprint density at radius 3 is 2.84 bits per heavy atom. The Kier molecular flexibility index (Phi) is 6.41. The van der Waals surface area contributed by atoms with Crippen LogP contribution in [0, 0.1) is 0 Å². The zero-order valence-electron chi connectivity index (χ0n) is 16.8. The number of benzene rings is 2.